The number of benzene rings is 1. The summed E-state index contributed by atoms with van der Waals surface area (Å²) in [5, 5.41) is 6.61. The highest BCUT2D eigenvalue weighted by molar-refractivity contribution is 9.10. The van der Waals surface area contributed by atoms with Crippen LogP contribution in [0.2, 0.25) is 0 Å². The van der Waals surface area contributed by atoms with Crippen molar-refractivity contribution in [1.82, 2.24) is 29.6 Å². The molecule has 3 aromatic heterocycles. The van der Waals surface area contributed by atoms with Crippen LogP contribution in [0.15, 0.2) is 47.3 Å². The number of aromatic nitrogens is 5. The lowest BCUT2D eigenvalue weighted by molar-refractivity contribution is -0.147. The average molecular weight is 549 g/mol. The molecule has 1 aliphatic heterocycles. The lowest BCUT2D eigenvalue weighted by Crippen LogP contribution is -2.49. The van der Waals surface area contributed by atoms with E-state index in [0.29, 0.717) is 19.0 Å². The van der Waals surface area contributed by atoms with E-state index in [4.69, 9.17) is 9.72 Å². The van der Waals surface area contributed by atoms with Crippen LogP contribution in [-0.4, -0.2) is 60.8 Å². The third-order valence-electron chi connectivity index (χ3n) is 7.35. The maximum atomic E-state index is 13.2. The Hall–Kier alpha value is -2.91. The van der Waals surface area contributed by atoms with E-state index in [9.17, 15) is 4.79 Å². The molecule has 1 amide bonds. The largest absolute Gasteiger partial charge is 0.372 e. The van der Waals surface area contributed by atoms with Gasteiger partial charge in [-0.1, -0.05) is 6.07 Å². The summed E-state index contributed by atoms with van der Waals surface area (Å²) in [4.78, 5) is 29.2. The van der Waals surface area contributed by atoms with Crippen molar-refractivity contribution in [2.45, 2.75) is 51.7 Å². The van der Waals surface area contributed by atoms with E-state index in [1.54, 1.807) is 6.20 Å². The first kappa shape index (κ1) is 23.5. The van der Waals surface area contributed by atoms with E-state index < -0.39 is 0 Å². The minimum Gasteiger partial charge on any atom is -0.372 e. The Labute approximate surface area is 218 Å². The summed E-state index contributed by atoms with van der Waals surface area (Å²) in [6.07, 6.45) is 7.44. The number of morpholine rings is 1. The first-order valence-corrected chi connectivity index (χ1v) is 13.4. The van der Waals surface area contributed by atoms with Crippen LogP contribution in [0.5, 0.6) is 0 Å². The van der Waals surface area contributed by atoms with E-state index in [-0.39, 0.29) is 24.0 Å². The minimum absolute atomic E-state index is 0.0853. The molecule has 9 heteroatoms. The Bertz CT molecular complexity index is 1430. The highest BCUT2D eigenvalue weighted by Gasteiger charge is 2.35. The summed E-state index contributed by atoms with van der Waals surface area (Å²) in [6, 6.07) is 10.1. The zero-order valence-electron chi connectivity index (χ0n) is 20.5. The van der Waals surface area contributed by atoms with Gasteiger partial charge in [0.1, 0.15) is 10.4 Å². The van der Waals surface area contributed by atoms with Gasteiger partial charge in [0.05, 0.1) is 28.8 Å². The topological polar surface area (TPSA) is 86.0 Å². The summed E-state index contributed by atoms with van der Waals surface area (Å²) in [5.41, 5.74) is 2.65. The van der Waals surface area contributed by atoms with E-state index in [0.717, 1.165) is 63.7 Å². The van der Waals surface area contributed by atoms with Crippen LogP contribution >= 0.6 is 15.9 Å². The molecule has 2 fully saturated rings. The Morgan fingerprint density at radius 3 is 2.81 bits per heavy atom. The fourth-order valence-corrected chi connectivity index (χ4v) is 6.17. The van der Waals surface area contributed by atoms with Gasteiger partial charge in [0, 0.05) is 43.2 Å². The normalized spacial score (nSPS) is 24.6. The van der Waals surface area contributed by atoms with Gasteiger partial charge in [-0.15, -0.1) is 0 Å². The zero-order chi connectivity index (χ0) is 24.8. The molecule has 1 saturated heterocycles. The highest BCUT2D eigenvalue weighted by Crippen LogP contribution is 2.35. The number of hydrogen-bond donors (Lipinski definition) is 0. The van der Waals surface area contributed by atoms with E-state index in [1.165, 1.54) is 0 Å². The number of hydrogen-bond acceptors (Lipinski definition) is 6. The van der Waals surface area contributed by atoms with Crippen molar-refractivity contribution in [3.05, 3.63) is 53.2 Å². The van der Waals surface area contributed by atoms with Crippen molar-refractivity contribution >= 4 is 43.8 Å². The predicted octanol–water partition coefficient (Wildman–Crippen LogP) is 4.72. The van der Waals surface area contributed by atoms with Crippen LogP contribution in [-0.2, 0) is 16.0 Å². The number of fused-ring (bicyclic) bond motifs is 2. The fraction of sp³-hybridized carbons (Fsp3) is 0.444. The molecule has 0 bridgehead atoms. The molecule has 1 saturated carbocycles. The molecule has 0 N–H and O–H groups in total. The molecule has 2 aliphatic rings. The van der Waals surface area contributed by atoms with Crippen LogP contribution in [0.25, 0.3) is 27.6 Å². The van der Waals surface area contributed by atoms with Crippen LogP contribution in [0.1, 0.15) is 38.9 Å². The lowest BCUT2D eigenvalue weighted by atomic mass is 10.00. The molecule has 0 radical (unpaired) electrons. The average Bonchev–Trinajstić information content (AvgIpc) is 3.47. The predicted molar refractivity (Wildman–Crippen MR) is 141 cm³/mol. The highest BCUT2D eigenvalue weighted by atomic mass is 79.9. The van der Waals surface area contributed by atoms with Gasteiger partial charge in [-0.05, 0) is 79.2 Å². The summed E-state index contributed by atoms with van der Waals surface area (Å²) in [7, 11) is 0. The molecule has 186 valence electrons. The first-order valence-electron chi connectivity index (χ1n) is 12.6. The van der Waals surface area contributed by atoms with Crippen molar-refractivity contribution in [3.63, 3.8) is 0 Å². The SMILES string of the molecule is C[C@@H]1CN(C(=O)[C@@H]2CC[C@@H](Cc3ncc4c(Br)nn(-c5ccc6ncccc6c5)c4n3)C2)C[C@H](C)O1. The first-order chi connectivity index (χ1) is 17.4. The van der Waals surface area contributed by atoms with Gasteiger partial charge in [0.25, 0.3) is 0 Å². The third kappa shape index (κ3) is 4.50. The third-order valence-corrected chi connectivity index (χ3v) is 7.94. The summed E-state index contributed by atoms with van der Waals surface area (Å²) in [6.45, 7) is 5.46. The maximum absolute atomic E-state index is 13.2. The van der Waals surface area contributed by atoms with Crippen molar-refractivity contribution in [3.8, 4) is 5.69 Å². The molecule has 36 heavy (non-hydrogen) atoms. The molecule has 1 aromatic carbocycles. The fourth-order valence-electron chi connectivity index (χ4n) is 5.74. The van der Waals surface area contributed by atoms with E-state index in [2.05, 4.69) is 37.1 Å². The molecule has 0 spiro atoms. The second-order valence-corrected chi connectivity index (χ2v) is 10.9. The number of nitrogens with zero attached hydrogens (tertiary/aromatic N) is 6. The maximum Gasteiger partial charge on any atom is 0.225 e. The summed E-state index contributed by atoms with van der Waals surface area (Å²) >= 11 is 3.57. The van der Waals surface area contributed by atoms with Crippen LogP contribution < -0.4 is 0 Å². The Morgan fingerprint density at radius 2 is 1.97 bits per heavy atom. The molecule has 4 atom stereocenters. The number of carbonyl (C=O) groups is 1. The molecular weight excluding hydrogens is 520 g/mol. The van der Waals surface area contributed by atoms with Gasteiger partial charge >= 0.3 is 0 Å². The monoisotopic (exact) mass is 548 g/mol. The van der Waals surface area contributed by atoms with Crippen molar-refractivity contribution < 1.29 is 9.53 Å². The number of rotatable bonds is 4. The number of pyridine rings is 1. The minimum atomic E-state index is 0.0853. The standard InChI is InChI=1S/C27H29BrN6O2/c1-16-14-33(15-17(2)36-16)27(35)20-6-5-18(10-20)11-24-30-13-22-25(28)32-34(26(22)31-24)21-7-8-23-19(12-21)4-3-9-29-23/h3-4,7-9,12-13,16-18,20H,5-6,10-11,14-15H2,1-2H3/t16-,17+,18-,20-/m1/s1. The Kier molecular flexibility index (Phi) is 6.21. The Morgan fingerprint density at radius 1 is 1.14 bits per heavy atom. The van der Waals surface area contributed by atoms with Crippen molar-refractivity contribution in [1.29, 1.82) is 0 Å². The van der Waals surface area contributed by atoms with Crippen LogP contribution in [0.4, 0.5) is 0 Å². The lowest BCUT2D eigenvalue weighted by Gasteiger charge is -2.36. The smallest absolute Gasteiger partial charge is 0.225 e. The number of carbonyl (C=O) groups excluding carboxylic acids is 1. The van der Waals surface area contributed by atoms with Crippen molar-refractivity contribution in [2.75, 3.05) is 13.1 Å². The molecule has 4 heterocycles. The molecular formula is C27H29BrN6O2. The van der Waals surface area contributed by atoms with Gasteiger partial charge in [-0.3, -0.25) is 9.78 Å². The second kappa shape index (κ2) is 9.52. The summed E-state index contributed by atoms with van der Waals surface area (Å²) < 4.78 is 8.38. The van der Waals surface area contributed by atoms with Gasteiger partial charge in [-0.2, -0.15) is 5.10 Å². The number of halogens is 1. The van der Waals surface area contributed by atoms with E-state index >= 15 is 0 Å². The van der Waals surface area contributed by atoms with Crippen molar-refractivity contribution in [2.24, 2.45) is 11.8 Å². The van der Waals surface area contributed by atoms with Crippen LogP contribution in [0.3, 0.4) is 0 Å². The second-order valence-electron chi connectivity index (χ2n) is 10.2. The Balaban J connectivity index is 1.21. The molecule has 0 unspecified atom stereocenters. The zero-order valence-corrected chi connectivity index (χ0v) is 22.1. The summed E-state index contributed by atoms with van der Waals surface area (Å²) in [5.74, 6) is 1.56. The van der Waals surface area contributed by atoms with Gasteiger partial charge < -0.3 is 9.64 Å². The number of amides is 1. The van der Waals surface area contributed by atoms with Gasteiger partial charge in [-0.25, -0.2) is 14.6 Å². The van der Waals surface area contributed by atoms with Gasteiger partial charge in [0.15, 0.2) is 5.65 Å². The van der Waals surface area contributed by atoms with E-state index in [1.807, 2.05) is 53.9 Å². The molecule has 8 nitrogen and oxygen atoms in total. The molecule has 1 aliphatic carbocycles. The quantitative estimate of drug-likeness (QED) is 0.366. The van der Waals surface area contributed by atoms with Crippen LogP contribution in [0, 0.1) is 11.8 Å². The van der Waals surface area contributed by atoms with Gasteiger partial charge in [0.2, 0.25) is 5.91 Å². The molecule has 6 rings (SSSR count). The molecule has 4 aromatic rings. The number of ether oxygens (including phenoxy) is 1.